The number of hydrogen-bond acceptors (Lipinski definition) is 1. The Balaban J connectivity index is 1.92. The highest BCUT2D eigenvalue weighted by Gasteiger charge is 2.06. The average molecular weight is 292 g/mol. The lowest BCUT2D eigenvalue weighted by atomic mass is 10.1. The van der Waals surface area contributed by atoms with E-state index in [9.17, 15) is 4.39 Å². The minimum Gasteiger partial charge on any atom is -0.310 e. The van der Waals surface area contributed by atoms with Crippen LogP contribution in [0.1, 0.15) is 23.6 Å². The molecule has 2 aromatic rings. The maximum Gasteiger partial charge on any atom is 0.123 e. The fourth-order valence-electron chi connectivity index (χ4n) is 2.20. The van der Waals surface area contributed by atoms with Crippen molar-refractivity contribution >= 4 is 11.6 Å². The fraction of sp³-hybridized carbons (Fsp3) is 0.294. The Morgan fingerprint density at radius 3 is 2.75 bits per heavy atom. The summed E-state index contributed by atoms with van der Waals surface area (Å²) < 4.78 is 13.2. The van der Waals surface area contributed by atoms with Gasteiger partial charge in [-0.05, 0) is 61.2 Å². The van der Waals surface area contributed by atoms with Crippen molar-refractivity contribution in [3.05, 3.63) is 70.0 Å². The van der Waals surface area contributed by atoms with Gasteiger partial charge >= 0.3 is 0 Å². The number of halogens is 2. The Kier molecular flexibility index (Phi) is 5.16. The van der Waals surface area contributed by atoms with Crippen LogP contribution in [0.2, 0.25) is 5.02 Å². The molecule has 20 heavy (non-hydrogen) atoms. The van der Waals surface area contributed by atoms with Crippen LogP contribution in [0.25, 0.3) is 0 Å². The van der Waals surface area contributed by atoms with Crippen molar-refractivity contribution in [2.24, 2.45) is 0 Å². The molecule has 0 saturated carbocycles. The number of aryl methyl sites for hydroxylation is 1. The molecule has 0 aromatic heterocycles. The number of nitrogens with one attached hydrogen (secondary N) is 1. The molecule has 0 aliphatic carbocycles. The molecular weight excluding hydrogens is 273 g/mol. The summed E-state index contributed by atoms with van der Waals surface area (Å²) in [5.41, 5.74) is 3.31. The number of hydrogen-bond donors (Lipinski definition) is 1. The maximum atomic E-state index is 13.2. The highest BCUT2D eigenvalue weighted by molar-refractivity contribution is 6.30. The quantitative estimate of drug-likeness (QED) is 0.855. The highest BCUT2D eigenvalue weighted by atomic mass is 35.5. The molecular formula is C17H19ClFN. The first-order valence-electron chi connectivity index (χ1n) is 6.77. The van der Waals surface area contributed by atoms with Gasteiger partial charge in [-0.2, -0.15) is 0 Å². The van der Waals surface area contributed by atoms with Crippen LogP contribution in [0.15, 0.2) is 42.5 Å². The van der Waals surface area contributed by atoms with Gasteiger partial charge < -0.3 is 5.32 Å². The average Bonchev–Trinajstić information content (AvgIpc) is 2.40. The van der Waals surface area contributed by atoms with E-state index in [4.69, 9.17) is 11.6 Å². The molecule has 1 N–H and O–H groups in total. The molecule has 0 heterocycles. The van der Waals surface area contributed by atoms with E-state index in [1.165, 1.54) is 11.6 Å². The van der Waals surface area contributed by atoms with Gasteiger partial charge in [0.25, 0.3) is 0 Å². The second-order valence-electron chi connectivity index (χ2n) is 5.19. The van der Waals surface area contributed by atoms with E-state index in [2.05, 4.69) is 18.3 Å². The van der Waals surface area contributed by atoms with Crippen molar-refractivity contribution < 1.29 is 4.39 Å². The van der Waals surface area contributed by atoms with Crippen LogP contribution in [-0.2, 0) is 13.0 Å². The van der Waals surface area contributed by atoms with E-state index in [1.807, 2.05) is 31.2 Å². The van der Waals surface area contributed by atoms with E-state index < -0.39 is 0 Å². The summed E-state index contributed by atoms with van der Waals surface area (Å²) in [7, 11) is 0. The van der Waals surface area contributed by atoms with Crippen molar-refractivity contribution in [3.63, 3.8) is 0 Å². The normalized spacial score (nSPS) is 12.4. The van der Waals surface area contributed by atoms with Crippen molar-refractivity contribution in [2.75, 3.05) is 0 Å². The fourth-order valence-corrected chi connectivity index (χ4v) is 2.42. The first-order valence-corrected chi connectivity index (χ1v) is 7.15. The maximum absolute atomic E-state index is 13.2. The van der Waals surface area contributed by atoms with Crippen LogP contribution in [0.4, 0.5) is 4.39 Å². The Labute approximate surface area is 124 Å². The lowest BCUT2D eigenvalue weighted by molar-refractivity contribution is 0.541. The summed E-state index contributed by atoms with van der Waals surface area (Å²) in [4.78, 5) is 0. The molecule has 0 spiro atoms. The molecule has 2 aromatic carbocycles. The predicted octanol–water partition coefficient (Wildman–Crippen LogP) is 4.51. The van der Waals surface area contributed by atoms with Gasteiger partial charge in [-0.25, -0.2) is 4.39 Å². The van der Waals surface area contributed by atoms with E-state index >= 15 is 0 Å². The molecule has 0 aliphatic heterocycles. The zero-order valence-corrected chi connectivity index (χ0v) is 12.5. The summed E-state index contributed by atoms with van der Waals surface area (Å²) in [5, 5.41) is 4.19. The third kappa shape index (κ3) is 4.32. The van der Waals surface area contributed by atoms with Gasteiger partial charge in [0, 0.05) is 17.6 Å². The molecule has 0 fully saturated rings. The number of rotatable bonds is 5. The Bertz CT molecular complexity index is 583. The van der Waals surface area contributed by atoms with Crippen LogP contribution < -0.4 is 5.32 Å². The largest absolute Gasteiger partial charge is 0.310 e. The molecule has 1 atom stereocenters. The second kappa shape index (κ2) is 6.87. The first-order chi connectivity index (χ1) is 9.54. The van der Waals surface area contributed by atoms with Crippen LogP contribution in [-0.4, -0.2) is 6.04 Å². The topological polar surface area (TPSA) is 12.0 Å². The Morgan fingerprint density at radius 1 is 1.20 bits per heavy atom. The van der Waals surface area contributed by atoms with Crippen LogP contribution in [0.5, 0.6) is 0 Å². The van der Waals surface area contributed by atoms with Gasteiger partial charge in [0.05, 0.1) is 0 Å². The Morgan fingerprint density at radius 2 is 2.00 bits per heavy atom. The summed E-state index contributed by atoms with van der Waals surface area (Å²) in [6, 6.07) is 13.1. The van der Waals surface area contributed by atoms with Crippen LogP contribution in [0.3, 0.4) is 0 Å². The molecule has 1 nitrogen and oxygen atoms in total. The molecule has 0 amide bonds. The molecule has 106 valence electrons. The molecule has 3 heteroatoms. The highest BCUT2D eigenvalue weighted by Crippen LogP contribution is 2.13. The third-order valence-corrected chi connectivity index (χ3v) is 3.62. The Hall–Kier alpha value is -1.38. The third-order valence-electron chi connectivity index (χ3n) is 3.38. The summed E-state index contributed by atoms with van der Waals surface area (Å²) in [6.07, 6.45) is 0.898. The molecule has 0 saturated heterocycles. The van der Waals surface area contributed by atoms with E-state index in [0.29, 0.717) is 12.6 Å². The SMILES string of the molecule is Cc1ccc(F)cc1CNC(C)Cc1cccc(Cl)c1. The standard InChI is InChI=1S/C17H19ClFN/c1-12-6-7-17(19)10-15(12)11-20-13(2)8-14-4-3-5-16(18)9-14/h3-7,9-10,13,20H,8,11H2,1-2H3. The van der Waals surface area contributed by atoms with Gasteiger partial charge in [0.2, 0.25) is 0 Å². The van der Waals surface area contributed by atoms with Crippen LogP contribution in [0, 0.1) is 12.7 Å². The molecule has 1 unspecified atom stereocenters. The lowest BCUT2D eigenvalue weighted by Crippen LogP contribution is -2.27. The second-order valence-corrected chi connectivity index (χ2v) is 5.62. The van der Waals surface area contributed by atoms with E-state index in [0.717, 1.165) is 22.6 Å². The van der Waals surface area contributed by atoms with Crippen molar-refractivity contribution in [1.82, 2.24) is 5.32 Å². The summed E-state index contributed by atoms with van der Waals surface area (Å²) >= 11 is 5.98. The smallest absolute Gasteiger partial charge is 0.123 e. The van der Waals surface area contributed by atoms with Crippen LogP contribution >= 0.6 is 11.6 Å². The van der Waals surface area contributed by atoms with Gasteiger partial charge in [0.1, 0.15) is 5.82 Å². The van der Waals surface area contributed by atoms with Crippen molar-refractivity contribution in [1.29, 1.82) is 0 Å². The van der Waals surface area contributed by atoms with E-state index in [-0.39, 0.29) is 5.82 Å². The molecule has 0 aliphatic rings. The van der Waals surface area contributed by atoms with Crippen molar-refractivity contribution in [3.8, 4) is 0 Å². The van der Waals surface area contributed by atoms with Gasteiger partial charge in [0.15, 0.2) is 0 Å². The number of benzene rings is 2. The van der Waals surface area contributed by atoms with Gasteiger partial charge in [-0.1, -0.05) is 29.8 Å². The van der Waals surface area contributed by atoms with Gasteiger partial charge in [-0.3, -0.25) is 0 Å². The minimum atomic E-state index is -0.185. The summed E-state index contributed by atoms with van der Waals surface area (Å²) in [6.45, 7) is 4.79. The molecule has 0 radical (unpaired) electrons. The summed E-state index contributed by atoms with van der Waals surface area (Å²) in [5.74, 6) is -0.185. The first kappa shape index (κ1) is 15.0. The predicted molar refractivity (Wildman–Crippen MR) is 82.6 cm³/mol. The zero-order valence-electron chi connectivity index (χ0n) is 11.8. The van der Waals surface area contributed by atoms with Crippen molar-refractivity contribution in [2.45, 2.75) is 32.9 Å². The van der Waals surface area contributed by atoms with Gasteiger partial charge in [-0.15, -0.1) is 0 Å². The zero-order chi connectivity index (χ0) is 14.5. The molecule has 0 bridgehead atoms. The van der Waals surface area contributed by atoms with E-state index in [1.54, 1.807) is 6.07 Å². The lowest BCUT2D eigenvalue weighted by Gasteiger charge is -2.15. The minimum absolute atomic E-state index is 0.185. The monoisotopic (exact) mass is 291 g/mol. The molecule has 2 rings (SSSR count).